The summed E-state index contributed by atoms with van der Waals surface area (Å²) in [4.78, 5) is 12.8. The van der Waals surface area contributed by atoms with E-state index in [1.807, 2.05) is 6.92 Å². The van der Waals surface area contributed by atoms with E-state index in [0.717, 1.165) is 12.8 Å². The Morgan fingerprint density at radius 2 is 2.07 bits per heavy atom. The molecule has 3 aliphatic heterocycles. The number of carbonyl (C=O) groups is 1. The second-order valence-electron chi connectivity index (χ2n) is 7.60. The number of rotatable bonds is 6. The lowest BCUT2D eigenvalue weighted by Gasteiger charge is -2.48. The molecule has 0 spiro atoms. The molecule has 0 aromatic rings. The Balaban J connectivity index is 1.72. The Kier molecular flexibility index (Phi) is 7.46. The van der Waals surface area contributed by atoms with Crippen LogP contribution in [0.4, 0.5) is 0 Å². The summed E-state index contributed by atoms with van der Waals surface area (Å²) in [5.74, 6) is -2.20. The third-order valence-electron chi connectivity index (χ3n) is 5.79. The molecular weight excluding hydrogens is 390 g/mol. The highest BCUT2D eigenvalue weighted by Crippen LogP contribution is 2.34. The number of aliphatic hydroxyl groups is 3. The number of aliphatic hydroxyl groups excluding tert-OH is 3. The van der Waals surface area contributed by atoms with E-state index < -0.39 is 61.2 Å². The molecule has 3 rings (SSSR count). The molecule has 0 radical (unpaired) electrons. The van der Waals surface area contributed by atoms with E-state index in [4.69, 9.17) is 28.4 Å². The maximum atomic E-state index is 12.8. The van der Waals surface area contributed by atoms with Crippen molar-refractivity contribution >= 4 is 5.91 Å². The van der Waals surface area contributed by atoms with Crippen LogP contribution in [0.2, 0.25) is 0 Å². The highest BCUT2D eigenvalue weighted by atomic mass is 16.7. The van der Waals surface area contributed by atoms with Crippen molar-refractivity contribution in [3.63, 3.8) is 0 Å². The van der Waals surface area contributed by atoms with Crippen molar-refractivity contribution in [3.8, 4) is 0 Å². The summed E-state index contributed by atoms with van der Waals surface area (Å²) in [6, 6.07) is 0. The van der Waals surface area contributed by atoms with Gasteiger partial charge in [-0.1, -0.05) is 0 Å². The van der Waals surface area contributed by atoms with Crippen LogP contribution in [0.15, 0.2) is 0 Å². The second-order valence-corrected chi connectivity index (χ2v) is 7.60. The molecule has 0 bridgehead atoms. The summed E-state index contributed by atoms with van der Waals surface area (Å²) in [5, 5.41) is 33.1. The zero-order valence-electron chi connectivity index (χ0n) is 16.9. The van der Waals surface area contributed by atoms with E-state index in [1.165, 1.54) is 14.2 Å². The highest BCUT2D eigenvalue weighted by molar-refractivity contribution is 5.81. The fourth-order valence-corrected chi connectivity index (χ4v) is 4.20. The third kappa shape index (κ3) is 4.43. The average Bonchev–Trinajstić information content (AvgIpc) is 2.72. The van der Waals surface area contributed by atoms with Crippen LogP contribution in [-0.4, -0.2) is 104 Å². The summed E-state index contributed by atoms with van der Waals surface area (Å²) in [6.07, 6.45) is -5.28. The van der Waals surface area contributed by atoms with E-state index in [9.17, 15) is 20.1 Å². The predicted molar refractivity (Wildman–Crippen MR) is 95.5 cm³/mol. The maximum Gasteiger partial charge on any atom is 0.256 e. The molecule has 168 valence electrons. The minimum Gasteiger partial charge on any atom is -0.394 e. The Bertz CT molecular complexity index is 565. The predicted octanol–water partition coefficient (Wildman–Crippen LogP) is -1.77. The fraction of sp³-hybridized carbons (Fsp3) is 0.944. The topological polar surface area (TPSA) is 145 Å². The van der Waals surface area contributed by atoms with Crippen molar-refractivity contribution in [2.75, 3.05) is 27.6 Å². The van der Waals surface area contributed by atoms with Crippen LogP contribution in [0.5, 0.6) is 0 Å². The van der Waals surface area contributed by atoms with Gasteiger partial charge in [-0.15, -0.1) is 0 Å². The van der Waals surface area contributed by atoms with Crippen molar-refractivity contribution in [2.24, 2.45) is 0 Å². The second kappa shape index (κ2) is 9.50. The fourth-order valence-electron chi connectivity index (χ4n) is 4.20. The van der Waals surface area contributed by atoms with E-state index >= 15 is 0 Å². The molecular formula is C18H31NO10. The molecule has 3 aliphatic rings. The van der Waals surface area contributed by atoms with Crippen LogP contribution in [0, 0.1) is 0 Å². The Labute approximate surface area is 169 Å². The van der Waals surface area contributed by atoms with Crippen molar-refractivity contribution in [1.29, 1.82) is 0 Å². The first kappa shape index (κ1) is 22.8. The van der Waals surface area contributed by atoms with Crippen LogP contribution in [0.3, 0.4) is 0 Å². The van der Waals surface area contributed by atoms with Crippen LogP contribution in [0.1, 0.15) is 26.2 Å². The van der Waals surface area contributed by atoms with Crippen LogP contribution in [-0.2, 0) is 33.2 Å². The standard InChI is InChI=1S/C18H31NO10/c1-9-5-4-6-18(25-3,29-9)15(22)16(23)19-17-14-13(26-8-27-17)12(24-2)11(21)10(7-20)28-14/h9-15,17,20-22H,4-8H2,1-3H3,(H,19,23)/t9-,10-,11-,12+,13-,14+,15-,17+,18-/m1/s1. The van der Waals surface area contributed by atoms with E-state index in [1.54, 1.807) is 0 Å². The minimum atomic E-state index is -1.60. The van der Waals surface area contributed by atoms with Gasteiger partial charge in [-0.25, -0.2) is 0 Å². The van der Waals surface area contributed by atoms with Crippen molar-refractivity contribution in [1.82, 2.24) is 5.32 Å². The molecule has 3 fully saturated rings. The first-order chi connectivity index (χ1) is 13.9. The molecule has 0 aromatic carbocycles. The number of hydrogen-bond donors (Lipinski definition) is 4. The van der Waals surface area contributed by atoms with Crippen LogP contribution in [0.25, 0.3) is 0 Å². The molecule has 1 amide bonds. The van der Waals surface area contributed by atoms with Crippen molar-refractivity contribution < 1.29 is 48.5 Å². The third-order valence-corrected chi connectivity index (χ3v) is 5.79. The van der Waals surface area contributed by atoms with Gasteiger partial charge in [0.1, 0.15) is 37.3 Å². The van der Waals surface area contributed by atoms with Gasteiger partial charge in [0.05, 0.1) is 12.7 Å². The molecule has 11 nitrogen and oxygen atoms in total. The average molecular weight is 421 g/mol. The highest BCUT2D eigenvalue weighted by Gasteiger charge is 2.53. The smallest absolute Gasteiger partial charge is 0.256 e. The van der Waals surface area contributed by atoms with Gasteiger partial charge in [0.2, 0.25) is 5.79 Å². The lowest BCUT2D eigenvalue weighted by Crippen LogP contribution is -2.69. The zero-order chi connectivity index (χ0) is 21.2. The van der Waals surface area contributed by atoms with E-state index in [-0.39, 0.29) is 12.9 Å². The van der Waals surface area contributed by atoms with E-state index in [0.29, 0.717) is 6.42 Å². The lowest BCUT2D eigenvalue weighted by atomic mass is 9.93. The molecule has 11 heteroatoms. The monoisotopic (exact) mass is 421 g/mol. The first-order valence-electron chi connectivity index (χ1n) is 9.78. The summed E-state index contributed by atoms with van der Waals surface area (Å²) >= 11 is 0. The Hall–Kier alpha value is -0.890. The number of hydrogen-bond acceptors (Lipinski definition) is 10. The van der Waals surface area contributed by atoms with Gasteiger partial charge in [-0.2, -0.15) is 0 Å². The van der Waals surface area contributed by atoms with Crippen molar-refractivity contribution in [3.05, 3.63) is 0 Å². The molecule has 0 aliphatic carbocycles. The molecule has 3 heterocycles. The quantitative estimate of drug-likeness (QED) is 0.389. The molecule has 3 saturated heterocycles. The molecule has 0 unspecified atom stereocenters. The summed E-state index contributed by atoms with van der Waals surface area (Å²) in [7, 11) is 2.79. The number of amides is 1. The largest absolute Gasteiger partial charge is 0.394 e. The van der Waals surface area contributed by atoms with Crippen molar-refractivity contribution in [2.45, 2.75) is 80.9 Å². The van der Waals surface area contributed by atoms with Gasteiger partial charge in [0, 0.05) is 20.6 Å². The van der Waals surface area contributed by atoms with Gasteiger partial charge >= 0.3 is 0 Å². The number of fused-ring (bicyclic) bond motifs is 1. The zero-order valence-corrected chi connectivity index (χ0v) is 16.9. The molecule has 29 heavy (non-hydrogen) atoms. The number of carbonyl (C=O) groups excluding carboxylic acids is 1. The van der Waals surface area contributed by atoms with Gasteiger partial charge in [-0.3, -0.25) is 4.79 Å². The summed E-state index contributed by atoms with van der Waals surface area (Å²) in [5.41, 5.74) is 0. The lowest BCUT2D eigenvalue weighted by molar-refractivity contribution is -0.327. The van der Waals surface area contributed by atoms with Gasteiger partial charge in [0.15, 0.2) is 12.3 Å². The molecule has 9 atom stereocenters. The van der Waals surface area contributed by atoms with Gasteiger partial charge in [-0.05, 0) is 19.8 Å². The molecule has 4 N–H and O–H groups in total. The minimum absolute atomic E-state index is 0.161. The summed E-state index contributed by atoms with van der Waals surface area (Å²) in [6.45, 7) is 1.22. The SMILES string of the molecule is CO[C@H]1[C@H](O)[C@@H](CO)O[C@H]2[C@@H]1OCO[C@@H]2NC(=O)[C@@H](O)[C@@]1(OC)CCC[C@@H](C)O1. The van der Waals surface area contributed by atoms with E-state index in [2.05, 4.69) is 5.32 Å². The number of nitrogens with one attached hydrogen (secondary N) is 1. The number of ether oxygens (including phenoxy) is 6. The number of methoxy groups -OCH3 is 2. The molecule has 0 aromatic heterocycles. The maximum absolute atomic E-state index is 12.8. The van der Waals surface area contributed by atoms with Gasteiger partial charge < -0.3 is 49.1 Å². The Morgan fingerprint density at radius 3 is 2.69 bits per heavy atom. The normalized spacial score (nSPS) is 44.0. The van der Waals surface area contributed by atoms with Crippen LogP contribution >= 0.6 is 0 Å². The van der Waals surface area contributed by atoms with Gasteiger partial charge in [0.25, 0.3) is 5.91 Å². The summed E-state index contributed by atoms with van der Waals surface area (Å²) < 4.78 is 33.2. The Morgan fingerprint density at radius 1 is 1.31 bits per heavy atom. The first-order valence-corrected chi connectivity index (χ1v) is 9.78. The van der Waals surface area contributed by atoms with Crippen LogP contribution < -0.4 is 5.32 Å². The molecule has 0 saturated carbocycles.